The molecule has 0 saturated carbocycles. The zero-order chi connectivity index (χ0) is 25.2. The number of piperidine rings is 1. The molecular formula is C23H30N8O4. The van der Waals surface area contributed by atoms with Crippen molar-refractivity contribution in [2.75, 3.05) is 25.5 Å². The van der Waals surface area contributed by atoms with Gasteiger partial charge < -0.3 is 24.3 Å². The third-order valence-electron chi connectivity index (χ3n) is 5.47. The van der Waals surface area contributed by atoms with Gasteiger partial charge in [-0.25, -0.2) is 9.78 Å². The van der Waals surface area contributed by atoms with Gasteiger partial charge in [0.05, 0.1) is 13.2 Å². The van der Waals surface area contributed by atoms with Crippen LogP contribution in [-0.2, 0) is 11.8 Å². The number of amides is 2. The summed E-state index contributed by atoms with van der Waals surface area (Å²) in [5.74, 6) is 0.747. The lowest BCUT2D eigenvalue weighted by Gasteiger charge is -2.34. The van der Waals surface area contributed by atoms with E-state index in [0.29, 0.717) is 36.0 Å². The Balaban J connectivity index is 1.52. The highest BCUT2D eigenvalue weighted by Gasteiger charge is 2.30. The van der Waals surface area contributed by atoms with Crippen LogP contribution in [0.25, 0.3) is 11.5 Å². The maximum Gasteiger partial charge on any atom is 0.410 e. The minimum atomic E-state index is -0.555. The SMILES string of the molecule is COc1nn(C)cc1C(=O)Nc1cccc(-c2nncn2C2CCCN(C(=O)OC(C)(C)C)C2)n1. The lowest BCUT2D eigenvalue weighted by molar-refractivity contribution is 0.0173. The summed E-state index contributed by atoms with van der Waals surface area (Å²) in [5, 5.41) is 15.2. The van der Waals surface area contributed by atoms with Crippen LogP contribution in [0, 0.1) is 0 Å². The summed E-state index contributed by atoms with van der Waals surface area (Å²) in [4.78, 5) is 31.6. The van der Waals surface area contributed by atoms with E-state index in [1.165, 1.54) is 11.8 Å². The van der Waals surface area contributed by atoms with Crippen molar-refractivity contribution < 1.29 is 19.1 Å². The second-order valence-electron chi connectivity index (χ2n) is 9.37. The molecular weight excluding hydrogens is 452 g/mol. The maximum absolute atomic E-state index is 12.8. The van der Waals surface area contributed by atoms with E-state index in [0.717, 1.165) is 12.8 Å². The monoisotopic (exact) mass is 482 g/mol. The van der Waals surface area contributed by atoms with Crippen LogP contribution in [-0.4, -0.2) is 72.2 Å². The van der Waals surface area contributed by atoms with Crippen molar-refractivity contribution in [1.82, 2.24) is 34.4 Å². The first-order valence-corrected chi connectivity index (χ1v) is 11.4. The Morgan fingerprint density at radius 1 is 1.23 bits per heavy atom. The molecule has 35 heavy (non-hydrogen) atoms. The van der Waals surface area contributed by atoms with E-state index in [9.17, 15) is 9.59 Å². The van der Waals surface area contributed by atoms with Crippen LogP contribution in [0.2, 0.25) is 0 Å². The molecule has 1 unspecified atom stereocenters. The van der Waals surface area contributed by atoms with Crippen molar-refractivity contribution in [3.05, 3.63) is 36.3 Å². The van der Waals surface area contributed by atoms with Gasteiger partial charge in [0.15, 0.2) is 5.82 Å². The van der Waals surface area contributed by atoms with Crippen LogP contribution in [0.15, 0.2) is 30.7 Å². The van der Waals surface area contributed by atoms with Crippen LogP contribution >= 0.6 is 0 Å². The Hall–Kier alpha value is -3.96. The number of rotatable bonds is 5. The summed E-state index contributed by atoms with van der Waals surface area (Å²) in [7, 11) is 3.17. The van der Waals surface area contributed by atoms with Crippen molar-refractivity contribution in [2.45, 2.75) is 45.3 Å². The van der Waals surface area contributed by atoms with E-state index >= 15 is 0 Å². The first kappa shape index (κ1) is 24.2. The van der Waals surface area contributed by atoms with Crippen LogP contribution in [0.1, 0.15) is 50.0 Å². The van der Waals surface area contributed by atoms with E-state index in [4.69, 9.17) is 9.47 Å². The van der Waals surface area contributed by atoms with E-state index < -0.39 is 5.60 Å². The Labute approximate surface area is 203 Å². The van der Waals surface area contributed by atoms with E-state index in [1.807, 2.05) is 25.3 Å². The van der Waals surface area contributed by atoms with Gasteiger partial charge in [-0.2, -0.15) is 0 Å². The molecule has 1 aliphatic rings. The van der Waals surface area contributed by atoms with Gasteiger partial charge in [0.2, 0.25) is 5.88 Å². The number of carbonyl (C=O) groups is 2. The van der Waals surface area contributed by atoms with Gasteiger partial charge in [0, 0.05) is 26.3 Å². The second kappa shape index (κ2) is 9.72. The Kier molecular flexibility index (Phi) is 6.72. The summed E-state index contributed by atoms with van der Waals surface area (Å²) in [6.07, 6.45) is 4.59. The fourth-order valence-electron chi connectivity index (χ4n) is 3.95. The molecule has 1 atom stereocenters. The van der Waals surface area contributed by atoms with E-state index in [-0.39, 0.29) is 23.9 Å². The maximum atomic E-state index is 12.8. The number of hydrogen-bond acceptors (Lipinski definition) is 8. The molecule has 1 N–H and O–H groups in total. The van der Waals surface area contributed by atoms with Crippen molar-refractivity contribution in [1.29, 1.82) is 0 Å². The zero-order valence-corrected chi connectivity index (χ0v) is 20.6. The number of anilines is 1. The third-order valence-corrected chi connectivity index (χ3v) is 5.47. The van der Waals surface area contributed by atoms with Crippen LogP contribution in [0.3, 0.4) is 0 Å². The number of nitrogens with zero attached hydrogens (tertiary/aromatic N) is 7. The van der Waals surface area contributed by atoms with Crippen molar-refractivity contribution in [3.63, 3.8) is 0 Å². The normalized spacial score (nSPS) is 16.1. The standard InChI is InChI=1S/C23H30N8O4/c1-23(2,3)35-22(33)30-11-7-8-15(12-30)31-14-24-27-19(31)17-9-6-10-18(25-17)26-20(32)16-13-29(4)28-21(16)34-5/h6,9-10,13-15H,7-8,11-12H2,1-5H3,(H,25,26,32). The average Bonchev–Trinajstić information content (AvgIpc) is 3.45. The quantitative estimate of drug-likeness (QED) is 0.588. The second-order valence-corrected chi connectivity index (χ2v) is 9.37. The summed E-state index contributed by atoms with van der Waals surface area (Å²) >= 11 is 0. The fourth-order valence-corrected chi connectivity index (χ4v) is 3.95. The largest absolute Gasteiger partial charge is 0.479 e. The molecule has 12 nitrogen and oxygen atoms in total. The molecule has 186 valence electrons. The molecule has 0 aliphatic carbocycles. The Morgan fingerprint density at radius 2 is 2.03 bits per heavy atom. The summed E-state index contributed by atoms with van der Waals surface area (Å²) in [6.45, 7) is 6.68. The lowest BCUT2D eigenvalue weighted by atomic mass is 10.1. The highest BCUT2D eigenvalue weighted by molar-refractivity contribution is 6.05. The molecule has 4 heterocycles. The number of carbonyl (C=O) groups excluding carboxylic acids is 2. The number of pyridine rings is 1. The number of nitrogens with one attached hydrogen (secondary N) is 1. The molecule has 0 radical (unpaired) electrons. The first-order valence-electron chi connectivity index (χ1n) is 11.4. The number of ether oxygens (including phenoxy) is 2. The molecule has 1 aliphatic heterocycles. The Morgan fingerprint density at radius 3 is 2.77 bits per heavy atom. The Bertz CT molecular complexity index is 1210. The minimum absolute atomic E-state index is 0.0269. The average molecular weight is 483 g/mol. The minimum Gasteiger partial charge on any atom is -0.479 e. The summed E-state index contributed by atoms with van der Waals surface area (Å²) < 4.78 is 14.1. The number of methoxy groups -OCH3 is 1. The molecule has 0 spiro atoms. The van der Waals surface area contributed by atoms with Crippen LogP contribution < -0.4 is 10.1 Å². The van der Waals surface area contributed by atoms with Gasteiger partial charge in [-0.1, -0.05) is 6.07 Å². The molecule has 2 amide bonds. The molecule has 1 saturated heterocycles. The smallest absolute Gasteiger partial charge is 0.410 e. The molecule has 12 heteroatoms. The molecule has 4 rings (SSSR count). The number of aromatic nitrogens is 6. The van der Waals surface area contributed by atoms with Gasteiger partial charge in [0.25, 0.3) is 5.91 Å². The van der Waals surface area contributed by atoms with Crippen LogP contribution in [0.4, 0.5) is 10.6 Å². The first-order chi connectivity index (χ1) is 16.6. The van der Waals surface area contributed by atoms with Crippen molar-refractivity contribution in [2.24, 2.45) is 7.05 Å². The van der Waals surface area contributed by atoms with Gasteiger partial charge in [-0.05, 0) is 45.7 Å². The van der Waals surface area contributed by atoms with Gasteiger partial charge >= 0.3 is 6.09 Å². The fraction of sp³-hybridized carbons (Fsp3) is 0.478. The summed E-state index contributed by atoms with van der Waals surface area (Å²) in [6, 6.07) is 5.25. The molecule has 1 fully saturated rings. The molecule has 0 bridgehead atoms. The van der Waals surface area contributed by atoms with Crippen molar-refractivity contribution >= 4 is 17.8 Å². The van der Waals surface area contributed by atoms with Gasteiger partial charge in [-0.15, -0.1) is 15.3 Å². The lowest BCUT2D eigenvalue weighted by Crippen LogP contribution is -2.43. The molecule has 0 aromatic carbocycles. The van der Waals surface area contributed by atoms with E-state index in [2.05, 4.69) is 25.6 Å². The predicted molar refractivity (Wildman–Crippen MR) is 127 cm³/mol. The van der Waals surface area contributed by atoms with Crippen molar-refractivity contribution in [3.8, 4) is 17.4 Å². The summed E-state index contributed by atoms with van der Waals surface area (Å²) in [5.41, 5.74) is 0.294. The van der Waals surface area contributed by atoms with E-state index in [1.54, 1.807) is 42.7 Å². The topological polar surface area (TPSA) is 129 Å². The molecule has 3 aromatic rings. The highest BCUT2D eigenvalue weighted by Crippen LogP contribution is 2.28. The van der Waals surface area contributed by atoms with Gasteiger partial charge in [0.1, 0.15) is 29.0 Å². The predicted octanol–water partition coefficient (Wildman–Crippen LogP) is 2.91. The third kappa shape index (κ3) is 5.58. The van der Waals surface area contributed by atoms with Crippen LogP contribution in [0.5, 0.6) is 5.88 Å². The van der Waals surface area contributed by atoms with Gasteiger partial charge in [-0.3, -0.25) is 9.48 Å². The number of hydrogen-bond donors (Lipinski definition) is 1. The zero-order valence-electron chi connectivity index (χ0n) is 20.6. The molecule has 3 aromatic heterocycles. The highest BCUT2D eigenvalue weighted by atomic mass is 16.6. The number of likely N-dealkylation sites (tertiary alicyclic amines) is 1. The number of aryl methyl sites for hydroxylation is 1.